The topological polar surface area (TPSA) is 104 Å². The molecule has 3 N–H and O–H groups in total. The Morgan fingerprint density at radius 1 is 1.42 bits per heavy atom. The number of carbonyl (C=O) groups excluding carboxylic acids is 1. The monoisotopic (exact) mass is 445 g/mol. The Labute approximate surface area is 185 Å². The molecule has 31 heavy (non-hydrogen) atoms. The molecule has 0 saturated heterocycles. The number of aromatic amines is 1. The number of nitrogens with one attached hydrogen (secondary N) is 3. The summed E-state index contributed by atoms with van der Waals surface area (Å²) in [4.78, 5) is 24.7. The van der Waals surface area contributed by atoms with E-state index in [1.165, 1.54) is 24.7 Å². The summed E-state index contributed by atoms with van der Waals surface area (Å²) < 4.78 is 20.0. The van der Waals surface area contributed by atoms with E-state index in [9.17, 15) is 9.18 Å². The predicted molar refractivity (Wildman–Crippen MR) is 120 cm³/mol. The normalized spacial score (nSPS) is 14.0. The summed E-state index contributed by atoms with van der Waals surface area (Å²) >= 11 is 0. The summed E-state index contributed by atoms with van der Waals surface area (Å²) in [5, 5.41) is 10.1. The molecule has 1 aliphatic carbocycles. The summed E-state index contributed by atoms with van der Waals surface area (Å²) in [6, 6.07) is 4.20. The lowest BCUT2D eigenvalue weighted by atomic mass is 10.1. The molecule has 7 nitrogen and oxygen atoms in total. The van der Waals surface area contributed by atoms with Crippen LogP contribution >= 0.6 is 12.4 Å². The minimum atomic E-state index is -0.391. The molecule has 9 heteroatoms. The molecule has 2 heterocycles. The number of rotatable bonds is 8. The maximum atomic E-state index is 14.1. The molecule has 0 spiro atoms. The van der Waals surface area contributed by atoms with Gasteiger partial charge in [-0.2, -0.15) is 0 Å². The number of fused-ring (bicyclic) bond motifs is 1. The van der Waals surface area contributed by atoms with E-state index in [1.807, 2.05) is 6.92 Å². The molecule has 2 aromatic heterocycles. The number of hydrogen-bond acceptors (Lipinski definition) is 5. The highest BCUT2D eigenvalue weighted by Crippen LogP contribution is 2.36. The minimum Gasteiger partial charge on any atom is -0.493 e. The molecule has 3 aromatic rings. The number of benzene rings is 1. The Bertz CT molecular complexity index is 1110. The van der Waals surface area contributed by atoms with Crippen LogP contribution < -0.4 is 10.1 Å². The van der Waals surface area contributed by atoms with Crippen molar-refractivity contribution in [3.05, 3.63) is 41.6 Å². The number of aryl methyl sites for hydroxylation is 1. The van der Waals surface area contributed by atoms with Gasteiger partial charge in [-0.1, -0.05) is 0 Å². The molecular weight excluding hydrogens is 421 g/mol. The largest absolute Gasteiger partial charge is 0.493 e. The third-order valence-corrected chi connectivity index (χ3v) is 5.22. The van der Waals surface area contributed by atoms with E-state index in [2.05, 4.69) is 20.3 Å². The Kier molecular flexibility index (Phi) is 6.90. The van der Waals surface area contributed by atoms with Gasteiger partial charge in [-0.05, 0) is 57.0 Å². The van der Waals surface area contributed by atoms with E-state index in [4.69, 9.17) is 10.1 Å². The lowest BCUT2D eigenvalue weighted by molar-refractivity contribution is 0.0942. The van der Waals surface area contributed by atoms with Gasteiger partial charge in [-0.3, -0.25) is 4.79 Å². The number of halogens is 2. The van der Waals surface area contributed by atoms with E-state index in [0.717, 1.165) is 12.8 Å². The summed E-state index contributed by atoms with van der Waals surface area (Å²) in [6.45, 7) is 4.22. The van der Waals surface area contributed by atoms with Crippen molar-refractivity contribution in [2.24, 2.45) is 5.92 Å². The fraction of sp³-hybridized carbons (Fsp3) is 0.364. The molecule has 1 saturated carbocycles. The average Bonchev–Trinajstić information content (AvgIpc) is 3.46. The van der Waals surface area contributed by atoms with Gasteiger partial charge in [0.05, 0.1) is 17.7 Å². The predicted octanol–water partition coefficient (Wildman–Crippen LogP) is 4.44. The molecule has 0 bridgehead atoms. The number of hydrogen-bond donors (Lipinski definition) is 3. The van der Waals surface area contributed by atoms with Gasteiger partial charge in [0.25, 0.3) is 5.91 Å². The molecule has 0 radical (unpaired) electrons. The van der Waals surface area contributed by atoms with Crippen molar-refractivity contribution in [2.75, 3.05) is 6.61 Å². The van der Waals surface area contributed by atoms with Crippen molar-refractivity contribution in [2.45, 2.75) is 39.2 Å². The van der Waals surface area contributed by atoms with E-state index in [1.54, 1.807) is 13.0 Å². The Hall–Kier alpha value is -3.00. The molecule has 1 amide bonds. The van der Waals surface area contributed by atoms with Gasteiger partial charge < -0.3 is 20.4 Å². The Morgan fingerprint density at radius 3 is 2.90 bits per heavy atom. The van der Waals surface area contributed by atoms with Gasteiger partial charge >= 0.3 is 0 Å². The number of H-pyrrole nitrogens is 1. The first-order valence-electron chi connectivity index (χ1n) is 10.0. The third-order valence-electron chi connectivity index (χ3n) is 5.22. The van der Waals surface area contributed by atoms with Gasteiger partial charge in [-0.25, -0.2) is 14.4 Å². The van der Waals surface area contributed by atoms with Gasteiger partial charge in [0.15, 0.2) is 0 Å². The first kappa shape index (κ1) is 22.7. The van der Waals surface area contributed by atoms with Crippen molar-refractivity contribution in [1.29, 1.82) is 5.41 Å². The fourth-order valence-electron chi connectivity index (χ4n) is 3.44. The zero-order valence-electron chi connectivity index (χ0n) is 17.4. The zero-order valence-corrected chi connectivity index (χ0v) is 18.2. The highest BCUT2D eigenvalue weighted by atomic mass is 35.5. The average molecular weight is 446 g/mol. The van der Waals surface area contributed by atoms with Crippen LogP contribution in [0, 0.1) is 24.1 Å². The van der Waals surface area contributed by atoms with Gasteiger partial charge in [-0.15, -0.1) is 12.4 Å². The summed E-state index contributed by atoms with van der Waals surface area (Å²) in [6.07, 6.45) is 5.38. The lowest BCUT2D eigenvalue weighted by Crippen LogP contribution is -2.33. The first-order chi connectivity index (χ1) is 14.5. The van der Waals surface area contributed by atoms with Crippen LogP contribution in [-0.2, 0) is 0 Å². The van der Waals surface area contributed by atoms with Gasteiger partial charge in [0, 0.05) is 23.7 Å². The minimum absolute atomic E-state index is 0. The van der Waals surface area contributed by atoms with Crippen LogP contribution in [0.25, 0.3) is 22.3 Å². The standard InChI is InChI=1S/C22H24FN5O2.ClH/c1-12(7-8-24)27-22(29)18-13(2)28-21-19(25-11-26-20(18)21)16-9-15(23)5-6-17(16)30-10-14-3-4-14;/h5-6,8-9,11-12,14,24,28H,3-4,7,10H2,1-2H3,(H,27,29);1H/t12-;/m1./s1. The van der Waals surface area contributed by atoms with Crippen LogP contribution in [0.15, 0.2) is 24.5 Å². The van der Waals surface area contributed by atoms with Gasteiger partial charge in [0.2, 0.25) is 0 Å². The number of amides is 1. The molecule has 4 rings (SSSR count). The number of carbonyl (C=O) groups is 1. The molecule has 1 fully saturated rings. The van der Waals surface area contributed by atoms with E-state index < -0.39 is 5.82 Å². The smallest absolute Gasteiger partial charge is 0.255 e. The molecular formula is C22H25ClFN5O2. The fourth-order valence-corrected chi connectivity index (χ4v) is 3.44. The van der Waals surface area contributed by atoms with E-state index in [0.29, 0.717) is 58.2 Å². The van der Waals surface area contributed by atoms with Crippen LogP contribution in [0.3, 0.4) is 0 Å². The van der Waals surface area contributed by atoms with Crippen LogP contribution in [0.4, 0.5) is 4.39 Å². The highest BCUT2D eigenvalue weighted by Gasteiger charge is 2.25. The van der Waals surface area contributed by atoms with Crippen molar-refractivity contribution in [1.82, 2.24) is 20.3 Å². The molecule has 1 aliphatic rings. The highest BCUT2D eigenvalue weighted by molar-refractivity contribution is 6.09. The molecule has 0 aliphatic heterocycles. The van der Waals surface area contributed by atoms with Crippen LogP contribution in [0.2, 0.25) is 0 Å². The zero-order chi connectivity index (χ0) is 21.3. The number of aromatic nitrogens is 3. The second-order valence-corrected chi connectivity index (χ2v) is 7.78. The Balaban J connectivity index is 0.00000272. The number of ether oxygens (including phenoxy) is 1. The maximum absolute atomic E-state index is 14.1. The Morgan fingerprint density at radius 2 is 2.19 bits per heavy atom. The van der Waals surface area contributed by atoms with E-state index >= 15 is 0 Å². The van der Waals surface area contributed by atoms with Crippen molar-refractivity contribution >= 4 is 35.6 Å². The SMILES string of the molecule is Cc1[nH]c2c(-c3cc(F)ccc3OCC3CC3)ncnc2c1C(=O)N[C@H](C)CC=N.Cl. The third kappa shape index (κ3) is 4.85. The maximum Gasteiger partial charge on any atom is 0.255 e. The molecule has 1 aromatic carbocycles. The number of nitrogens with zero attached hydrogens (tertiary/aromatic N) is 2. The molecule has 0 unspecified atom stereocenters. The van der Waals surface area contributed by atoms with Crippen LogP contribution in [-0.4, -0.2) is 39.7 Å². The molecule has 164 valence electrons. The first-order valence-corrected chi connectivity index (χ1v) is 10.0. The second-order valence-electron chi connectivity index (χ2n) is 7.78. The summed E-state index contributed by atoms with van der Waals surface area (Å²) in [7, 11) is 0. The van der Waals surface area contributed by atoms with Crippen LogP contribution in [0.1, 0.15) is 42.2 Å². The molecule has 1 atom stereocenters. The van der Waals surface area contributed by atoms with Crippen molar-refractivity contribution in [3.8, 4) is 17.0 Å². The summed E-state index contributed by atoms with van der Waals surface area (Å²) in [5.41, 5.74) is 3.09. The quantitative estimate of drug-likeness (QED) is 0.446. The van der Waals surface area contributed by atoms with Crippen molar-refractivity contribution in [3.63, 3.8) is 0 Å². The van der Waals surface area contributed by atoms with Gasteiger partial charge in [0.1, 0.15) is 29.1 Å². The lowest BCUT2D eigenvalue weighted by Gasteiger charge is -2.12. The van der Waals surface area contributed by atoms with E-state index in [-0.39, 0.29) is 24.4 Å². The van der Waals surface area contributed by atoms with Crippen LogP contribution in [0.5, 0.6) is 5.75 Å². The summed E-state index contributed by atoms with van der Waals surface area (Å²) in [5.74, 6) is 0.444. The second kappa shape index (κ2) is 9.43. The van der Waals surface area contributed by atoms with Crippen molar-refractivity contribution < 1.29 is 13.9 Å².